The summed E-state index contributed by atoms with van der Waals surface area (Å²) in [7, 11) is 0. The topological polar surface area (TPSA) is 46.4 Å². The van der Waals surface area contributed by atoms with Crippen molar-refractivity contribution in [2.45, 2.75) is 41.0 Å². The number of carbonyl (C=O) groups excluding carboxylic acids is 1. The molecule has 29 heavy (non-hydrogen) atoms. The molecule has 0 unspecified atom stereocenters. The molecule has 4 nitrogen and oxygen atoms in total. The Morgan fingerprint density at radius 3 is 2.48 bits per heavy atom. The molecule has 1 amide bonds. The second-order valence-corrected chi connectivity index (χ2v) is 8.35. The summed E-state index contributed by atoms with van der Waals surface area (Å²) in [6.07, 6.45) is 2.03. The van der Waals surface area contributed by atoms with E-state index in [1.54, 1.807) is 6.21 Å². The van der Waals surface area contributed by atoms with Gasteiger partial charge in [0.25, 0.3) is 0 Å². The van der Waals surface area contributed by atoms with Gasteiger partial charge in [-0.1, -0.05) is 45.8 Å². The summed E-state index contributed by atoms with van der Waals surface area (Å²) in [5.74, 6) is -0.121. The Bertz CT molecular complexity index is 1100. The van der Waals surface area contributed by atoms with Crippen LogP contribution in [0, 0.1) is 34.6 Å². The Hall–Kier alpha value is -2.66. The highest BCUT2D eigenvalue weighted by molar-refractivity contribution is 9.10. The second-order valence-electron chi connectivity index (χ2n) is 7.50. The average Bonchev–Trinajstić information content (AvgIpc) is 2.93. The lowest BCUT2D eigenvalue weighted by Gasteiger charge is -2.11. The molecular weight excluding hydrogens is 426 g/mol. The largest absolute Gasteiger partial charge is 0.318 e. The molecule has 0 aliphatic rings. The van der Waals surface area contributed by atoms with Gasteiger partial charge in [0.15, 0.2) is 0 Å². The SMILES string of the molecule is Cc1ccc(CC(=O)N/N=C/c2cc(C)n(-c3ccc(C)c(Br)c3)c2C)c(C)c1. The highest BCUT2D eigenvalue weighted by Gasteiger charge is 2.11. The monoisotopic (exact) mass is 451 g/mol. The van der Waals surface area contributed by atoms with Crippen molar-refractivity contribution in [2.24, 2.45) is 5.10 Å². The van der Waals surface area contributed by atoms with E-state index in [4.69, 9.17) is 0 Å². The zero-order valence-electron chi connectivity index (χ0n) is 17.5. The highest BCUT2D eigenvalue weighted by Crippen LogP contribution is 2.24. The lowest BCUT2D eigenvalue weighted by molar-refractivity contribution is -0.120. The average molecular weight is 452 g/mol. The third kappa shape index (κ3) is 4.85. The molecule has 0 radical (unpaired) electrons. The quantitative estimate of drug-likeness (QED) is 0.405. The first kappa shape index (κ1) is 21.1. The lowest BCUT2D eigenvalue weighted by Crippen LogP contribution is -2.20. The van der Waals surface area contributed by atoms with Crippen molar-refractivity contribution >= 4 is 28.1 Å². The van der Waals surface area contributed by atoms with E-state index in [-0.39, 0.29) is 5.91 Å². The van der Waals surface area contributed by atoms with Crippen LogP contribution in [0.3, 0.4) is 0 Å². The predicted molar refractivity (Wildman–Crippen MR) is 123 cm³/mol. The molecule has 3 rings (SSSR count). The van der Waals surface area contributed by atoms with E-state index in [1.165, 1.54) is 11.1 Å². The summed E-state index contributed by atoms with van der Waals surface area (Å²) in [5.41, 5.74) is 11.4. The maximum absolute atomic E-state index is 12.3. The summed E-state index contributed by atoms with van der Waals surface area (Å²) in [5, 5.41) is 4.18. The molecule has 0 fully saturated rings. The van der Waals surface area contributed by atoms with Crippen LogP contribution in [0.4, 0.5) is 0 Å². The number of aryl methyl sites for hydroxylation is 4. The third-order valence-corrected chi connectivity index (χ3v) is 5.98. The van der Waals surface area contributed by atoms with E-state index in [0.29, 0.717) is 6.42 Å². The fraction of sp³-hybridized carbons (Fsp3) is 0.250. The Balaban J connectivity index is 1.72. The minimum atomic E-state index is -0.121. The van der Waals surface area contributed by atoms with Crippen molar-refractivity contribution in [3.63, 3.8) is 0 Å². The molecule has 0 aliphatic carbocycles. The number of nitrogens with one attached hydrogen (secondary N) is 1. The normalized spacial score (nSPS) is 11.2. The van der Waals surface area contributed by atoms with Gasteiger partial charge in [-0.15, -0.1) is 0 Å². The molecule has 0 saturated heterocycles. The van der Waals surface area contributed by atoms with E-state index in [0.717, 1.165) is 38.2 Å². The maximum atomic E-state index is 12.3. The van der Waals surface area contributed by atoms with Crippen molar-refractivity contribution in [1.82, 2.24) is 9.99 Å². The van der Waals surface area contributed by atoms with Gasteiger partial charge in [-0.3, -0.25) is 4.79 Å². The molecule has 0 atom stereocenters. The van der Waals surface area contributed by atoms with Gasteiger partial charge < -0.3 is 4.57 Å². The summed E-state index contributed by atoms with van der Waals surface area (Å²) in [4.78, 5) is 12.3. The van der Waals surface area contributed by atoms with E-state index >= 15 is 0 Å². The molecular formula is C24H26BrN3O. The second kappa shape index (κ2) is 8.78. The maximum Gasteiger partial charge on any atom is 0.244 e. The van der Waals surface area contributed by atoms with E-state index < -0.39 is 0 Å². The molecule has 1 N–H and O–H groups in total. The van der Waals surface area contributed by atoms with Crippen LogP contribution in [-0.2, 0) is 11.2 Å². The third-order valence-electron chi connectivity index (χ3n) is 5.13. The molecule has 2 aromatic carbocycles. The fourth-order valence-electron chi connectivity index (χ4n) is 3.47. The number of nitrogens with zero attached hydrogens (tertiary/aromatic N) is 2. The number of halogens is 1. The molecule has 3 aromatic rings. The summed E-state index contributed by atoms with van der Waals surface area (Å²) in [6.45, 7) is 10.3. The van der Waals surface area contributed by atoms with E-state index in [9.17, 15) is 4.79 Å². The first-order valence-corrected chi connectivity index (χ1v) is 10.4. The minimum Gasteiger partial charge on any atom is -0.318 e. The molecule has 0 spiro atoms. The van der Waals surface area contributed by atoms with Gasteiger partial charge in [0, 0.05) is 27.1 Å². The molecule has 1 heterocycles. The van der Waals surface area contributed by atoms with Crippen LogP contribution in [0.25, 0.3) is 5.69 Å². The van der Waals surface area contributed by atoms with Gasteiger partial charge in [0.2, 0.25) is 5.91 Å². The van der Waals surface area contributed by atoms with E-state index in [2.05, 4.69) is 82.1 Å². The molecule has 0 saturated carbocycles. The van der Waals surface area contributed by atoms with Gasteiger partial charge in [-0.05, 0) is 69.5 Å². The first-order chi connectivity index (χ1) is 13.8. The Kier molecular flexibility index (Phi) is 6.38. The molecule has 0 bridgehead atoms. The van der Waals surface area contributed by atoms with Crippen molar-refractivity contribution in [3.8, 4) is 5.69 Å². The van der Waals surface area contributed by atoms with Crippen molar-refractivity contribution in [2.75, 3.05) is 0 Å². The predicted octanol–water partition coefficient (Wildman–Crippen LogP) is 5.47. The summed E-state index contributed by atoms with van der Waals surface area (Å²) < 4.78 is 3.26. The van der Waals surface area contributed by atoms with E-state index in [1.807, 2.05) is 26.0 Å². The lowest BCUT2D eigenvalue weighted by atomic mass is 10.0. The van der Waals surface area contributed by atoms with Gasteiger partial charge >= 0.3 is 0 Å². The van der Waals surface area contributed by atoms with Crippen LogP contribution >= 0.6 is 15.9 Å². The van der Waals surface area contributed by atoms with Crippen LogP contribution in [-0.4, -0.2) is 16.7 Å². The summed E-state index contributed by atoms with van der Waals surface area (Å²) in [6, 6.07) is 14.5. The standard InChI is InChI=1S/C24H26BrN3O/c1-15-6-8-20(17(3)10-15)12-24(29)27-26-14-21-11-18(4)28(19(21)5)22-9-7-16(2)23(25)13-22/h6-11,13-14H,12H2,1-5H3,(H,27,29)/b26-14+. The zero-order chi connectivity index (χ0) is 21.1. The molecule has 0 aliphatic heterocycles. The van der Waals surface area contributed by atoms with Gasteiger partial charge in [-0.25, -0.2) is 5.43 Å². The van der Waals surface area contributed by atoms with Crippen LogP contribution in [0.15, 0.2) is 52.0 Å². The van der Waals surface area contributed by atoms with Crippen LogP contribution in [0.1, 0.15) is 39.2 Å². The first-order valence-electron chi connectivity index (χ1n) is 9.59. The zero-order valence-corrected chi connectivity index (χ0v) is 19.1. The Labute approximate surface area is 180 Å². The number of rotatable bonds is 5. The number of aromatic nitrogens is 1. The number of hydrogen-bond donors (Lipinski definition) is 1. The van der Waals surface area contributed by atoms with Crippen LogP contribution in [0.2, 0.25) is 0 Å². The number of hydrogen-bond acceptors (Lipinski definition) is 2. The van der Waals surface area contributed by atoms with Crippen molar-refractivity contribution < 1.29 is 4.79 Å². The number of carbonyl (C=O) groups is 1. The molecule has 1 aromatic heterocycles. The minimum absolute atomic E-state index is 0.121. The van der Waals surface area contributed by atoms with Gasteiger partial charge in [0.05, 0.1) is 12.6 Å². The Morgan fingerprint density at radius 1 is 1.03 bits per heavy atom. The number of benzene rings is 2. The number of amides is 1. The molecule has 150 valence electrons. The molecule has 5 heteroatoms. The van der Waals surface area contributed by atoms with Crippen LogP contribution in [0.5, 0.6) is 0 Å². The highest BCUT2D eigenvalue weighted by atomic mass is 79.9. The van der Waals surface area contributed by atoms with Crippen LogP contribution < -0.4 is 5.43 Å². The Morgan fingerprint density at radius 2 is 1.79 bits per heavy atom. The van der Waals surface area contributed by atoms with Gasteiger partial charge in [0.1, 0.15) is 0 Å². The van der Waals surface area contributed by atoms with Crippen molar-refractivity contribution in [3.05, 3.63) is 86.1 Å². The van der Waals surface area contributed by atoms with Crippen molar-refractivity contribution in [1.29, 1.82) is 0 Å². The summed E-state index contributed by atoms with van der Waals surface area (Å²) >= 11 is 3.61. The number of hydrazone groups is 1. The fourth-order valence-corrected chi connectivity index (χ4v) is 3.83. The smallest absolute Gasteiger partial charge is 0.244 e. The van der Waals surface area contributed by atoms with Gasteiger partial charge in [-0.2, -0.15) is 5.10 Å².